The summed E-state index contributed by atoms with van der Waals surface area (Å²) in [7, 11) is 4.24. The quantitative estimate of drug-likeness (QED) is 0.424. The number of hydrogen-bond acceptors (Lipinski definition) is 3. The molecular formula is C30H40N4O. The van der Waals surface area contributed by atoms with Crippen LogP contribution in [0.15, 0.2) is 60.2 Å². The van der Waals surface area contributed by atoms with E-state index in [0.717, 1.165) is 64.2 Å². The summed E-state index contributed by atoms with van der Waals surface area (Å²) in [5, 5.41) is 1.23. The lowest BCUT2D eigenvalue weighted by atomic mass is 10.1. The number of hydrogen-bond donors (Lipinski definition) is 0. The predicted molar refractivity (Wildman–Crippen MR) is 147 cm³/mol. The van der Waals surface area contributed by atoms with Crippen LogP contribution >= 0.6 is 0 Å². The largest absolute Gasteiger partial charge is 0.344 e. The summed E-state index contributed by atoms with van der Waals surface area (Å²) < 4.78 is 2.41. The van der Waals surface area contributed by atoms with Gasteiger partial charge in [0, 0.05) is 67.0 Å². The fourth-order valence-electron chi connectivity index (χ4n) is 5.11. The van der Waals surface area contributed by atoms with Crippen LogP contribution in [0.4, 0.5) is 0 Å². The van der Waals surface area contributed by atoms with Crippen molar-refractivity contribution in [2.75, 3.05) is 53.4 Å². The van der Waals surface area contributed by atoms with Gasteiger partial charge in [-0.05, 0) is 65.0 Å². The summed E-state index contributed by atoms with van der Waals surface area (Å²) >= 11 is 0. The molecular weight excluding hydrogens is 432 g/mol. The standard InChI is InChI=1S/C30H40N4O/c1-24(30(35)33-21-19-32(20-22-33)18-15-26-11-6-5-7-12-26)23-28-25(2)34(17-10-16-31(3)4)29-14-9-8-13-27(28)29/h5-9,11-14,23H,10,15-22H2,1-4H3/b24-23+. The van der Waals surface area contributed by atoms with Crippen LogP contribution in [0.25, 0.3) is 17.0 Å². The smallest absolute Gasteiger partial charge is 0.249 e. The van der Waals surface area contributed by atoms with Gasteiger partial charge >= 0.3 is 0 Å². The maximum atomic E-state index is 13.3. The summed E-state index contributed by atoms with van der Waals surface area (Å²) in [6.45, 7) is 10.7. The zero-order valence-electron chi connectivity index (χ0n) is 21.8. The van der Waals surface area contributed by atoms with Gasteiger partial charge in [0.25, 0.3) is 0 Å². The number of aryl methyl sites for hydroxylation is 1. The first-order valence-electron chi connectivity index (χ1n) is 12.9. The van der Waals surface area contributed by atoms with Crippen molar-refractivity contribution in [3.8, 4) is 0 Å². The molecule has 0 radical (unpaired) electrons. The molecule has 2 aromatic carbocycles. The number of fused-ring (bicyclic) bond motifs is 1. The van der Waals surface area contributed by atoms with Gasteiger partial charge in [0.15, 0.2) is 0 Å². The number of amides is 1. The minimum atomic E-state index is 0.163. The number of aromatic nitrogens is 1. The lowest BCUT2D eigenvalue weighted by Crippen LogP contribution is -2.49. The molecule has 0 aliphatic carbocycles. The Hall–Kier alpha value is -2.89. The summed E-state index contributed by atoms with van der Waals surface area (Å²) in [6.07, 6.45) is 4.28. The van der Waals surface area contributed by atoms with Crippen LogP contribution < -0.4 is 0 Å². The fourth-order valence-corrected chi connectivity index (χ4v) is 5.11. The molecule has 1 aromatic heterocycles. The highest BCUT2D eigenvalue weighted by Crippen LogP contribution is 2.28. The monoisotopic (exact) mass is 472 g/mol. The Morgan fingerprint density at radius 1 is 0.943 bits per heavy atom. The molecule has 2 heterocycles. The van der Waals surface area contributed by atoms with E-state index in [0.29, 0.717) is 0 Å². The number of piperazine rings is 1. The first kappa shape index (κ1) is 25.2. The Kier molecular flexibility index (Phi) is 8.42. The molecule has 1 fully saturated rings. The Morgan fingerprint density at radius 2 is 1.63 bits per heavy atom. The number of para-hydroxylation sites is 1. The molecule has 0 unspecified atom stereocenters. The second-order valence-corrected chi connectivity index (χ2v) is 10.0. The van der Waals surface area contributed by atoms with Crippen molar-refractivity contribution in [1.82, 2.24) is 19.3 Å². The van der Waals surface area contributed by atoms with Crippen molar-refractivity contribution >= 4 is 22.9 Å². The van der Waals surface area contributed by atoms with Crippen LogP contribution in [0.5, 0.6) is 0 Å². The van der Waals surface area contributed by atoms with E-state index < -0.39 is 0 Å². The number of rotatable bonds is 9. The average molecular weight is 473 g/mol. The van der Waals surface area contributed by atoms with Crippen LogP contribution in [-0.4, -0.2) is 78.5 Å². The lowest BCUT2D eigenvalue weighted by Gasteiger charge is -2.35. The van der Waals surface area contributed by atoms with Crippen LogP contribution in [0, 0.1) is 6.92 Å². The van der Waals surface area contributed by atoms with Crippen molar-refractivity contribution in [3.63, 3.8) is 0 Å². The van der Waals surface area contributed by atoms with Crippen molar-refractivity contribution in [2.24, 2.45) is 0 Å². The van der Waals surface area contributed by atoms with Gasteiger partial charge in [-0.2, -0.15) is 0 Å². The number of nitrogens with zero attached hydrogens (tertiary/aromatic N) is 4. The molecule has 1 aliphatic rings. The highest BCUT2D eigenvalue weighted by Gasteiger charge is 2.22. The zero-order chi connectivity index (χ0) is 24.8. The third kappa shape index (κ3) is 6.22. The molecule has 0 N–H and O–H groups in total. The zero-order valence-corrected chi connectivity index (χ0v) is 21.8. The normalized spacial score (nSPS) is 15.3. The van der Waals surface area contributed by atoms with Gasteiger partial charge in [-0.3, -0.25) is 9.69 Å². The molecule has 186 valence electrons. The molecule has 0 saturated carbocycles. The fraction of sp³-hybridized carbons (Fsp3) is 0.433. The molecule has 3 aromatic rings. The van der Waals surface area contributed by atoms with E-state index in [1.165, 1.54) is 27.7 Å². The molecule has 5 nitrogen and oxygen atoms in total. The van der Waals surface area contributed by atoms with Crippen LogP contribution in [0.2, 0.25) is 0 Å². The summed E-state index contributed by atoms with van der Waals surface area (Å²) in [5.74, 6) is 0.163. The maximum absolute atomic E-state index is 13.3. The summed E-state index contributed by atoms with van der Waals surface area (Å²) in [4.78, 5) is 20.0. The van der Waals surface area contributed by atoms with Crippen molar-refractivity contribution < 1.29 is 4.79 Å². The van der Waals surface area contributed by atoms with Crippen molar-refractivity contribution in [1.29, 1.82) is 0 Å². The molecule has 35 heavy (non-hydrogen) atoms. The SMILES string of the molecule is C/C(=C\c1c(C)n(CCCN(C)C)c2ccccc12)C(=O)N1CCN(CCc2ccccc2)CC1. The molecule has 1 amide bonds. The van der Waals surface area contributed by atoms with E-state index >= 15 is 0 Å². The first-order valence-corrected chi connectivity index (χ1v) is 12.9. The molecule has 1 saturated heterocycles. The second kappa shape index (κ2) is 11.7. The first-order chi connectivity index (χ1) is 16.9. The average Bonchev–Trinajstić information content (AvgIpc) is 3.14. The van der Waals surface area contributed by atoms with E-state index in [1.807, 2.05) is 11.8 Å². The Labute approximate surface area is 210 Å². The topological polar surface area (TPSA) is 31.7 Å². The molecule has 0 atom stereocenters. The predicted octanol–water partition coefficient (Wildman–Crippen LogP) is 4.69. The minimum absolute atomic E-state index is 0.163. The number of benzene rings is 2. The molecule has 1 aliphatic heterocycles. The van der Waals surface area contributed by atoms with E-state index in [-0.39, 0.29) is 5.91 Å². The van der Waals surface area contributed by atoms with E-state index in [4.69, 9.17) is 0 Å². The van der Waals surface area contributed by atoms with E-state index in [9.17, 15) is 4.79 Å². The van der Waals surface area contributed by atoms with Gasteiger partial charge in [-0.1, -0.05) is 48.5 Å². The van der Waals surface area contributed by atoms with Crippen LogP contribution in [-0.2, 0) is 17.8 Å². The Morgan fingerprint density at radius 3 is 2.34 bits per heavy atom. The molecule has 5 heteroatoms. The van der Waals surface area contributed by atoms with Crippen LogP contribution in [0.1, 0.15) is 30.2 Å². The summed E-state index contributed by atoms with van der Waals surface area (Å²) in [6, 6.07) is 19.2. The molecule has 4 rings (SSSR count). The van der Waals surface area contributed by atoms with Gasteiger partial charge in [0.05, 0.1) is 0 Å². The molecule has 0 spiro atoms. The third-order valence-electron chi connectivity index (χ3n) is 7.18. The second-order valence-electron chi connectivity index (χ2n) is 10.0. The summed E-state index contributed by atoms with van der Waals surface area (Å²) in [5.41, 5.74) is 5.87. The van der Waals surface area contributed by atoms with Gasteiger partial charge in [0.2, 0.25) is 5.91 Å². The van der Waals surface area contributed by atoms with Gasteiger partial charge in [-0.25, -0.2) is 0 Å². The van der Waals surface area contributed by atoms with Gasteiger partial charge < -0.3 is 14.4 Å². The number of carbonyl (C=O) groups excluding carboxylic acids is 1. The lowest BCUT2D eigenvalue weighted by molar-refractivity contribution is -0.128. The van der Waals surface area contributed by atoms with E-state index in [1.54, 1.807) is 0 Å². The minimum Gasteiger partial charge on any atom is -0.344 e. The maximum Gasteiger partial charge on any atom is 0.249 e. The van der Waals surface area contributed by atoms with Crippen molar-refractivity contribution in [3.05, 3.63) is 77.0 Å². The Bertz CT molecular complexity index is 1150. The molecule has 0 bridgehead atoms. The van der Waals surface area contributed by atoms with E-state index in [2.05, 4.69) is 96.1 Å². The van der Waals surface area contributed by atoms with Crippen LogP contribution in [0.3, 0.4) is 0 Å². The van der Waals surface area contributed by atoms with Crippen molar-refractivity contribution in [2.45, 2.75) is 33.2 Å². The highest BCUT2D eigenvalue weighted by atomic mass is 16.2. The van der Waals surface area contributed by atoms with Gasteiger partial charge in [0.1, 0.15) is 0 Å². The third-order valence-corrected chi connectivity index (χ3v) is 7.18. The number of carbonyl (C=O) groups is 1. The Balaban J connectivity index is 1.41. The van der Waals surface area contributed by atoms with Gasteiger partial charge in [-0.15, -0.1) is 0 Å². The highest BCUT2D eigenvalue weighted by molar-refractivity contribution is 6.01.